The lowest BCUT2D eigenvalue weighted by molar-refractivity contribution is 0.246. The van der Waals surface area contributed by atoms with Gasteiger partial charge in [-0.2, -0.15) is 5.26 Å². The van der Waals surface area contributed by atoms with Crippen molar-refractivity contribution in [3.05, 3.63) is 62.5 Å². The number of pyridine rings is 2. The van der Waals surface area contributed by atoms with Crippen molar-refractivity contribution in [1.29, 1.82) is 5.26 Å². The lowest BCUT2D eigenvalue weighted by Crippen LogP contribution is -2.47. The number of piperazine rings is 1. The Morgan fingerprint density at radius 3 is 2.63 bits per heavy atom. The van der Waals surface area contributed by atoms with E-state index in [1.807, 2.05) is 30.0 Å². The summed E-state index contributed by atoms with van der Waals surface area (Å²) in [7, 11) is 1.64. The van der Waals surface area contributed by atoms with Gasteiger partial charge in [-0.1, -0.05) is 29.8 Å². The number of hydrogen-bond acceptors (Lipinski definition) is 6. The molecule has 1 saturated heterocycles. The summed E-state index contributed by atoms with van der Waals surface area (Å²) in [5.41, 5.74) is 3.27. The molecule has 30 heavy (non-hydrogen) atoms. The van der Waals surface area contributed by atoms with Crippen molar-refractivity contribution in [3.8, 4) is 11.8 Å². The summed E-state index contributed by atoms with van der Waals surface area (Å²) in [6.07, 6.45) is 0. The zero-order valence-corrected chi connectivity index (χ0v) is 17.6. The molecular formula is C22H22ClN5O2. The van der Waals surface area contributed by atoms with Gasteiger partial charge >= 0.3 is 0 Å². The van der Waals surface area contributed by atoms with Gasteiger partial charge in [0.2, 0.25) is 0 Å². The van der Waals surface area contributed by atoms with Gasteiger partial charge in [0, 0.05) is 45.3 Å². The second kappa shape index (κ2) is 7.98. The summed E-state index contributed by atoms with van der Waals surface area (Å²) in [4.78, 5) is 21.5. The molecule has 0 saturated carbocycles. The smallest absolute Gasteiger partial charge is 0.270 e. The van der Waals surface area contributed by atoms with Crippen LogP contribution >= 0.6 is 11.6 Å². The van der Waals surface area contributed by atoms with Gasteiger partial charge in [0.05, 0.1) is 11.2 Å². The number of aryl methyl sites for hydroxylation is 2. The summed E-state index contributed by atoms with van der Waals surface area (Å²) >= 11 is 6.13. The molecule has 0 amide bonds. The Hall–Kier alpha value is -3.08. The number of fused-ring (bicyclic) bond motifs is 1. The fraction of sp³-hybridized carbons (Fsp3) is 0.318. The highest BCUT2D eigenvalue weighted by Crippen LogP contribution is 2.30. The van der Waals surface area contributed by atoms with Crippen molar-refractivity contribution in [2.24, 2.45) is 7.05 Å². The molecule has 0 radical (unpaired) electrons. The number of phenols is 1. The van der Waals surface area contributed by atoms with E-state index in [1.54, 1.807) is 19.2 Å². The highest BCUT2D eigenvalue weighted by atomic mass is 35.5. The van der Waals surface area contributed by atoms with E-state index in [9.17, 15) is 15.2 Å². The predicted octanol–water partition coefficient (Wildman–Crippen LogP) is 2.79. The molecule has 2 aromatic heterocycles. The summed E-state index contributed by atoms with van der Waals surface area (Å²) < 4.78 is 1.44. The molecule has 7 nitrogen and oxygen atoms in total. The van der Waals surface area contributed by atoms with Gasteiger partial charge in [-0.3, -0.25) is 9.69 Å². The van der Waals surface area contributed by atoms with E-state index in [-0.39, 0.29) is 11.1 Å². The molecule has 0 spiro atoms. The fourth-order valence-electron chi connectivity index (χ4n) is 4.00. The Balaban J connectivity index is 1.64. The molecule has 154 valence electrons. The molecule has 1 aliphatic heterocycles. The third kappa shape index (κ3) is 3.49. The van der Waals surface area contributed by atoms with Gasteiger partial charge in [-0.05, 0) is 24.6 Å². The third-order valence-corrected chi connectivity index (χ3v) is 5.91. The Morgan fingerprint density at radius 2 is 1.93 bits per heavy atom. The predicted molar refractivity (Wildman–Crippen MR) is 117 cm³/mol. The standard InChI is InChI=1S/C22H22ClN5O2/c1-14-4-3-5-15(21(14)29)13-27-8-10-28(11-9-27)20-16(12-24)22(30)26(2)17-6-7-18(23)25-19(17)20/h3-7,29H,8-11,13H2,1-2H3. The van der Waals surface area contributed by atoms with Crippen molar-refractivity contribution in [2.45, 2.75) is 13.5 Å². The van der Waals surface area contributed by atoms with Crippen LogP contribution in [0.15, 0.2) is 35.1 Å². The minimum Gasteiger partial charge on any atom is -0.507 e. The number of aromatic nitrogens is 2. The molecule has 1 aliphatic rings. The average Bonchev–Trinajstić information content (AvgIpc) is 2.74. The van der Waals surface area contributed by atoms with Crippen molar-refractivity contribution in [2.75, 3.05) is 31.1 Å². The van der Waals surface area contributed by atoms with E-state index in [2.05, 4.69) is 16.0 Å². The number of rotatable bonds is 3. The molecule has 3 aromatic rings. The molecule has 3 heterocycles. The van der Waals surface area contributed by atoms with Crippen LogP contribution in [0.4, 0.5) is 5.69 Å². The number of nitriles is 1. The molecule has 1 fully saturated rings. The lowest BCUT2D eigenvalue weighted by atomic mass is 10.1. The number of anilines is 1. The molecule has 0 unspecified atom stereocenters. The van der Waals surface area contributed by atoms with Crippen LogP contribution in [-0.2, 0) is 13.6 Å². The average molecular weight is 424 g/mol. The van der Waals surface area contributed by atoms with Crippen LogP contribution in [0.5, 0.6) is 5.75 Å². The van der Waals surface area contributed by atoms with Gasteiger partial charge in [-0.15, -0.1) is 0 Å². The minimum atomic E-state index is -0.337. The largest absolute Gasteiger partial charge is 0.507 e. The molecule has 8 heteroatoms. The molecule has 0 aliphatic carbocycles. The van der Waals surface area contributed by atoms with Crippen LogP contribution in [0.3, 0.4) is 0 Å². The minimum absolute atomic E-state index is 0.0875. The highest BCUT2D eigenvalue weighted by molar-refractivity contribution is 6.29. The first-order valence-electron chi connectivity index (χ1n) is 9.74. The number of benzene rings is 1. The highest BCUT2D eigenvalue weighted by Gasteiger charge is 2.25. The van der Waals surface area contributed by atoms with Crippen molar-refractivity contribution in [1.82, 2.24) is 14.5 Å². The summed E-state index contributed by atoms with van der Waals surface area (Å²) in [6, 6.07) is 11.2. The number of aromatic hydroxyl groups is 1. The maximum Gasteiger partial charge on any atom is 0.270 e. The summed E-state index contributed by atoms with van der Waals surface area (Å²) in [6.45, 7) is 5.27. The number of nitrogens with zero attached hydrogens (tertiary/aromatic N) is 5. The maximum atomic E-state index is 12.8. The topological polar surface area (TPSA) is 85.4 Å². The monoisotopic (exact) mass is 423 g/mol. The van der Waals surface area contributed by atoms with Crippen LogP contribution < -0.4 is 10.5 Å². The molecule has 1 N–H and O–H groups in total. The van der Waals surface area contributed by atoms with Gasteiger partial charge in [-0.25, -0.2) is 4.98 Å². The molecule has 4 rings (SSSR count). The van der Waals surface area contributed by atoms with Gasteiger partial charge in [0.25, 0.3) is 5.56 Å². The van der Waals surface area contributed by atoms with Gasteiger partial charge in [0.15, 0.2) is 0 Å². The number of hydrogen-bond donors (Lipinski definition) is 1. The van der Waals surface area contributed by atoms with Crippen LogP contribution in [0.25, 0.3) is 11.0 Å². The van der Waals surface area contributed by atoms with Gasteiger partial charge < -0.3 is 14.6 Å². The zero-order valence-electron chi connectivity index (χ0n) is 16.9. The zero-order chi connectivity index (χ0) is 21.4. The number of para-hydroxylation sites is 1. The maximum absolute atomic E-state index is 12.8. The molecule has 0 atom stereocenters. The Morgan fingerprint density at radius 1 is 1.20 bits per heavy atom. The van der Waals surface area contributed by atoms with E-state index < -0.39 is 0 Å². The molecular weight excluding hydrogens is 402 g/mol. The normalized spacial score (nSPS) is 14.8. The van der Waals surface area contributed by atoms with Crippen LogP contribution in [-0.4, -0.2) is 45.7 Å². The lowest BCUT2D eigenvalue weighted by Gasteiger charge is -2.36. The number of halogens is 1. The van der Waals surface area contributed by atoms with E-state index >= 15 is 0 Å². The second-order valence-electron chi connectivity index (χ2n) is 7.55. The van der Waals surface area contributed by atoms with Crippen LogP contribution in [0, 0.1) is 18.3 Å². The Kier molecular flexibility index (Phi) is 5.37. The van der Waals surface area contributed by atoms with Crippen molar-refractivity contribution < 1.29 is 5.11 Å². The number of phenolic OH excluding ortho intramolecular Hbond substituents is 1. The molecule has 0 bridgehead atoms. The first-order chi connectivity index (χ1) is 14.4. The van der Waals surface area contributed by atoms with Crippen molar-refractivity contribution >= 4 is 28.3 Å². The van der Waals surface area contributed by atoms with E-state index in [1.165, 1.54) is 4.57 Å². The van der Waals surface area contributed by atoms with Crippen molar-refractivity contribution in [3.63, 3.8) is 0 Å². The van der Waals surface area contributed by atoms with E-state index in [0.717, 1.165) is 24.2 Å². The van der Waals surface area contributed by atoms with Gasteiger partial charge in [0.1, 0.15) is 28.1 Å². The molecule has 1 aromatic carbocycles. The first kappa shape index (κ1) is 20.2. The summed E-state index contributed by atoms with van der Waals surface area (Å²) in [5, 5.41) is 20.3. The van der Waals surface area contributed by atoms with Crippen LogP contribution in [0.1, 0.15) is 16.7 Å². The third-order valence-electron chi connectivity index (χ3n) is 5.70. The van der Waals surface area contributed by atoms with Crippen LogP contribution in [0.2, 0.25) is 5.15 Å². The summed E-state index contributed by atoms with van der Waals surface area (Å²) in [5.74, 6) is 0.336. The second-order valence-corrected chi connectivity index (χ2v) is 7.93. The van der Waals surface area contributed by atoms with E-state index in [4.69, 9.17) is 11.6 Å². The van der Waals surface area contributed by atoms with E-state index in [0.29, 0.717) is 47.3 Å². The first-order valence-corrected chi connectivity index (χ1v) is 10.1. The Bertz CT molecular complexity index is 1220. The fourth-order valence-corrected chi connectivity index (χ4v) is 4.14. The Labute approximate surface area is 179 Å². The SMILES string of the molecule is Cc1cccc(CN2CCN(c3c(C#N)c(=O)n(C)c4ccc(Cl)nc34)CC2)c1O. The quantitative estimate of drug-likeness (QED) is 0.652.